The quantitative estimate of drug-likeness (QED) is 0.775. The third-order valence-corrected chi connectivity index (χ3v) is 5.21. The molecule has 6 nitrogen and oxygen atoms in total. The number of nitrogens with zero attached hydrogens (tertiary/aromatic N) is 4. The van der Waals surface area contributed by atoms with Gasteiger partial charge in [0.05, 0.1) is 18.6 Å². The molecule has 4 rings (SSSR count). The minimum Gasteiger partial charge on any atom is -0.379 e. The van der Waals surface area contributed by atoms with E-state index < -0.39 is 0 Å². The van der Waals surface area contributed by atoms with Crippen molar-refractivity contribution >= 4 is 16.3 Å². The van der Waals surface area contributed by atoms with Gasteiger partial charge in [-0.1, -0.05) is 41.7 Å². The molecule has 1 fully saturated rings. The third-order valence-electron chi connectivity index (χ3n) is 4.03. The van der Waals surface area contributed by atoms with Crippen LogP contribution in [0.5, 0.6) is 0 Å². The number of nitrogens with two attached hydrogens (primary N) is 1. The van der Waals surface area contributed by atoms with Crippen molar-refractivity contribution in [1.82, 2.24) is 19.8 Å². The first-order valence-corrected chi connectivity index (χ1v) is 7.61. The SMILES string of the molecule is CC1(c2nn3c(-c4ccccc4)nnc3s2)COCC1N. The largest absolute Gasteiger partial charge is 0.379 e. The van der Waals surface area contributed by atoms with E-state index in [2.05, 4.69) is 17.1 Å². The van der Waals surface area contributed by atoms with Gasteiger partial charge < -0.3 is 10.5 Å². The molecule has 0 aliphatic carbocycles. The maximum absolute atomic E-state index is 6.18. The van der Waals surface area contributed by atoms with Gasteiger partial charge in [0.15, 0.2) is 5.82 Å². The second-order valence-corrected chi connectivity index (χ2v) is 6.49. The van der Waals surface area contributed by atoms with Gasteiger partial charge in [-0.05, 0) is 6.92 Å². The fourth-order valence-electron chi connectivity index (χ4n) is 2.52. The van der Waals surface area contributed by atoms with Crippen LogP contribution in [0.15, 0.2) is 30.3 Å². The van der Waals surface area contributed by atoms with Crippen LogP contribution < -0.4 is 5.73 Å². The highest BCUT2D eigenvalue weighted by atomic mass is 32.1. The Balaban J connectivity index is 1.83. The molecule has 0 radical (unpaired) electrons. The Morgan fingerprint density at radius 2 is 2.14 bits per heavy atom. The maximum Gasteiger partial charge on any atom is 0.234 e. The van der Waals surface area contributed by atoms with Crippen molar-refractivity contribution < 1.29 is 4.74 Å². The molecule has 0 amide bonds. The van der Waals surface area contributed by atoms with E-state index in [1.54, 1.807) is 4.52 Å². The molecule has 0 saturated carbocycles. The van der Waals surface area contributed by atoms with Crippen LogP contribution in [0.2, 0.25) is 0 Å². The molecule has 1 saturated heterocycles. The molecule has 1 aromatic carbocycles. The van der Waals surface area contributed by atoms with Gasteiger partial charge in [-0.3, -0.25) is 0 Å². The monoisotopic (exact) mass is 301 g/mol. The van der Waals surface area contributed by atoms with Crippen molar-refractivity contribution in [2.45, 2.75) is 18.4 Å². The molecule has 108 valence electrons. The summed E-state index contributed by atoms with van der Waals surface area (Å²) < 4.78 is 7.31. The first-order chi connectivity index (χ1) is 10.2. The molecule has 2 aromatic heterocycles. The van der Waals surface area contributed by atoms with Gasteiger partial charge in [0.2, 0.25) is 4.96 Å². The first kappa shape index (κ1) is 12.9. The van der Waals surface area contributed by atoms with Crippen molar-refractivity contribution in [3.05, 3.63) is 35.3 Å². The van der Waals surface area contributed by atoms with Gasteiger partial charge in [-0.25, -0.2) is 0 Å². The van der Waals surface area contributed by atoms with Crippen LogP contribution in [0.4, 0.5) is 0 Å². The Kier molecular flexibility index (Phi) is 2.81. The van der Waals surface area contributed by atoms with Crippen LogP contribution >= 0.6 is 11.3 Å². The Morgan fingerprint density at radius 1 is 1.33 bits per heavy atom. The van der Waals surface area contributed by atoms with Gasteiger partial charge in [0, 0.05) is 11.6 Å². The summed E-state index contributed by atoms with van der Waals surface area (Å²) in [7, 11) is 0. The van der Waals surface area contributed by atoms with Crippen molar-refractivity contribution in [1.29, 1.82) is 0 Å². The lowest BCUT2D eigenvalue weighted by molar-refractivity contribution is 0.179. The number of ether oxygens (including phenoxy) is 1. The molecule has 2 unspecified atom stereocenters. The van der Waals surface area contributed by atoms with E-state index in [-0.39, 0.29) is 11.5 Å². The van der Waals surface area contributed by atoms with Gasteiger partial charge in [0.25, 0.3) is 0 Å². The smallest absolute Gasteiger partial charge is 0.234 e. The number of hydrogen-bond acceptors (Lipinski definition) is 6. The molecule has 0 spiro atoms. The van der Waals surface area contributed by atoms with Crippen LogP contribution in [0, 0.1) is 0 Å². The first-order valence-electron chi connectivity index (χ1n) is 6.80. The van der Waals surface area contributed by atoms with E-state index in [1.807, 2.05) is 30.3 Å². The summed E-state index contributed by atoms with van der Waals surface area (Å²) >= 11 is 1.53. The Hall–Kier alpha value is -1.83. The zero-order valence-corrected chi connectivity index (χ0v) is 12.4. The summed E-state index contributed by atoms with van der Waals surface area (Å²) in [5, 5.41) is 14.1. The van der Waals surface area contributed by atoms with Crippen molar-refractivity contribution in [2.75, 3.05) is 13.2 Å². The van der Waals surface area contributed by atoms with Crippen LogP contribution in [0.3, 0.4) is 0 Å². The van der Waals surface area contributed by atoms with Crippen LogP contribution in [0.25, 0.3) is 16.3 Å². The van der Waals surface area contributed by atoms with Gasteiger partial charge in [-0.2, -0.15) is 9.61 Å². The minimum atomic E-state index is -0.251. The molecule has 1 aliphatic heterocycles. The lowest BCUT2D eigenvalue weighted by Crippen LogP contribution is -2.41. The Morgan fingerprint density at radius 3 is 2.86 bits per heavy atom. The average Bonchev–Trinajstić information content (AvgIpc) is 3.15. The molecule has 7 heteroatoms. The maximum atomic E-state index is 6.18. The Bertz CT molecular complexity index is 783. The lowest BCUT2D eigenvalue weighted by atomic mass is 9.87. The van der Waals surface area contributed by atoms with Crippen molar-refractivity contribution in [3.63, 3.8) is 0 Å². The second kappa shape index (κ2) is 4.59. The molecule has 2 atom stereocenters. The standard InChI is InChI=1S/C14H15N5OS/c1-14(8-20-7-10(14)15)12-18-19-11(16-17-13(19)21-12)9-5-3-2-4-6-9/h2-6,10H,7-8,15H2,1H3. The predicted octanol–water partition coefficient (Wildman–Crippen LogP) is 1.47. The highest BCUT2D eigenvalue weighted by molar-refractivity contribution is 7.16. The molecule has 2 N–H and O–H groups in total. The molecule has 3 aromatic rings. The predicted molar refractivity (Wildman–Crippen MR) is 80.2 cm³/mol. The van der Waals surface area contributed by atoms with Crippen molar-refractivity contribution in [3.8, 4) is 11.4 Å². The summed E-state index contributed by atoms with van der Waals surface area (Å²) in [6.45, 7) is 3.26. The van der Waals surface area contributed by atoms with E-state index in [0.29, 0.717) is 13.2 Å². The van der Waals surface area contributed by atoms with Gasteiger partial charge in [0.1, 0.15) is 5.01 Å². The highest BCUT2D eigenvalue weighted by Crippen LogP contribution is 2.35. The molecule has 1 aliphatic rings. The minimum absolute atomic E-state index is 0.0403. The van der Waals surface area contributed by atoms with Crippen LogP contribution in [-0.2, 0) is 10.2 Å². The molecular formula is C14H15N5OS. The summed E-state index contributed by atoms with van der Waals surface area (Å²) in [5.41, 5.74) is 6.93. The summed E-state index contributed by atoms with van der Waals surface area (Å²) in [4.78, 5) is 0.782. The molecule has 3 heterocycles. The molecule has 21 heavy (non-hydrogen) atoms. The fraction of sp³-hybridized carbons (Fsp3) is 0.357. The van der Waals surface area contributed by atoms with Crippen LogP contribution in [-0.4, -0.2) is 39.1 Å². The summed E-state index contributed by atoms with van der Waals surface area (Å²) in [5.74, 6) is 0.754. The zero-order chi connectivity index (χ0) is 14.4. The lowest BCUT2D eigenvalue weighted by Gasteiger charge is -2.23. The zero-order valence-electron chi connectivity index (χ0n) is 11.6. The number of benzene rings is 1. The number of fused-ring (bicyclic) bond motifs is 1. The van der Waals surface area contributed by atoms with E-state index in [9.17, 15) is 0 Å². The van der Waals surface area contributed by atoms with E-state index in [1.165, 1.54) is 11.3 Å². The Labute approximate surface area is 125 Å². The van der Waals surface area contributed by atoms with Gasteiger partial charge >= 0.3 is 0 Å². The van der Waals surface area contributed by atoms with Crippen molar-refractivity contribution in [2.24, 2.45) is 5.73 Å². The number of hydrogen-bond donors (Lipinski definition) is 1. The second-order valence-electron chi connectivity index (χ2n) is 5.53. The van der Waals surface area contributed by atoms with E-state index in [4.69, 9.17) is 15.6 Å². The normalized spacial score (nSPS) is 25.7. The average molecular weight is 301 g/mol. The van der Waals surface area contributed by atoms with Crippen LogP contribution in [0.1, 0.15) is 11.9 Å². The molecular weight excluding hydrogens is 286 g/mol. The number of aromatic nitrogens is 4. The van der Waals surface area contributed by atoms with Gasteiger partial charge in [-0.15, -0.1) is 10.2 Å². The topological polar surface area (TPSA) is 78.3 Å². The fourth-order valence-corrected chi connectivity index (χ4v) is 3.56. The van der Waals surface area contributed by atoms with E-state index in [0.717, 1.165) is 21.4 Å². The van der Waals surface area contributed by atoms with E-state index >= 15 is 0 Å². The number of rotatable bonds is 2. The summed E-state index contributed by atoms with van der Waals surface area (Å²) in [6, 6.07) is 9.90. The highest BCUT2D eigenvalue weighted by Gasteiger charge is 2.42. The molecule has 0 bridgehead atoms. The third kappa shape index (κ3) is 1.89. The summed E-state index contributed by atoms with van der Waals surface area (Å²) in [6.07, 6.45) is 0.